The predicted molar refractivity (Wildman–Crippen MR) is 86.5 cm³/mol. The lowest BCUT2D eigenvalue weighted by molar-refractivity contribution is -0.275. The van der Waals surface area contributed by atoms with E-state index in [0.717, 1.165) is 16.4 Å². The van der Waals surface area contributed by atoms with Crippen molar-refractivity contribution in [3.8, 4) is 5.75 Å². The topological polar surface area (TPSA) is 72.9 Å². The van der Waals surface area contributed by atoms with Gasteiger partial charge in [0.25, 0.3) is 10.0 Å². The lowest BCUT2D eigenvalue weighted by atomic mass is 10.2. The Balaban J connectivity index is 2.40. The molecular weight excluding hydrogens is 375 g/mol. The number of methoxy groups -OCH3 is 1. The van der Waals surface area contributed by atoms with Crippen LogP contribution in [0.3, 0.4) is 0 Å². The highest BCUT2D eigenvalue weighted by atomic mass is 32.2. The van der Waals surface area contributed by atoms with E-state index in [9.17, 15) is 26.4 Å². The van der Waals surface area contributed by atoms with E-state index < -0.39 is 33.0 Å². The first kappa shape index (κ1) is 19.6. The maximum absolute atomic E-state index is 12.7. The van der Waals surface area contributed by atoms with Crippen molar-refractivity contribution in [2.24, 2.45) is 0 Å². The fourth-order valence-corrected chi connectivity index (χ4v) is 3.39. The third-order valence-electron chi connectivity index (χ3n) is 3.37. The van der Waals surface area contributed by atoms with Gasteiger partial charge < -0.3 is 9.47 Å². The number of esters is 1. The summed E-state index contributed by atoms with van der Waals surface area (Å²) in [5.74, 6) is -1.44. The SMILES string of the molecule is COC(=O)c1ccc(N(C)S(=O)(=O)c2ccccc2OC(F)(F)F)cc1. The van der Waals surface area contributed by atoms with Crippen LogP contribution in [-0.2, 0) is 14.8 Å². The van der Waals surface area contributed by atoms with Crippen molar-refractivity contribution < 1.29 is 35.9 Å². The van der Waals surface area contributed by atoms with Gasteiger partial charge in [-0.25, -0.2) is 13.2 Å². The first-order chi connectivity index (χ1) is 12.1. The third-order valence-corrected chi connectivity index (χ3v) is 5.19. The molecule has 0 radical (unpaired) electrons. The molecule has 0 fully saturated rings. The van der Waals surface area contributed by atoms with E-state index >= 15 is 0 Å². The lowest BCUT2D eigenvalue weighted by Gasteiger charge is -2.21. The highest BCUT2D eigenvalue weighted by molar-refractivity contribution is 7.92. The van der Waals surface area contributed by atoms with Gasteiger partial charge in [0.2, 0.25) is 0 Å². The Morgan fingerprint density at radius 2 is 1.62 bits per heavy atom. The number of hydrogen-bond acceptors (Lipinski definition) is 5. The van der Waals surface area contributed by atoms with Gasteiger partial charge in [-0.15, -0.1) is 13.2 Å². The number of sulfonamides is 1. The van der Waals surface area contributed by atoms with Crippen LogP contribution < -0.4 is 9.04 Å². The van der Waals surface area contributed by atoms with Gasteiger partial charge in [0, 0.05) is 7.05 Å². The molecule has 2 aromatic carbocycles. The van der Waals surface area contributed by atoms with Crippen LogP contribution in [0.15, 0.2) is 53.4 Å². The molecule has 0 atom stereocenters. The van der Waals surface area contributed by atoms with Crippen LogP contribution in [0.25, 0.3) is 0 Å². The molecule has 0 aliphatic rings. The summed E-state index contributed by atoms with van der Waals surface area (Å²) in [6.45, 7) is 0. The quantitative estimate of drug-likeness (QED) is 0.735. The van der Waals surface area contributed by atoms with Crippen LogP contribution >= 0.6 is 0 Å². The minimum atomic E-state index is -5.04. The molecule has 0 aliphatic heterocycles. The van der Waals surface area contributed by atoms with Crippen molar-refractivity contribution in [2.45, 2.75) is 11.3 Å². The zero-order valence-corrected chi connectivity index (χ0v) is 14.5. The number of halogens is 3. The van der Waals surface area contributed by atoms with Gasteiger partial charge in [0.1, 0.15) is 10.6 Å². The van der Waals surface area contributed by atoms with Crippen LogP contribution in [0.2, 0.25) is 0 Å². The molecule has 0 bridgehead atoms. The minimum Gasteiger partial charge on any atom is -0.465 e. The molecule has 10 heteroatoms. The number of carbonyl (C=O) groups excluding carboxylic acids is 1. The predicted octanol–water partition coefficient (Wildman–Crippen LogP) is 3.20. The second-order valence-electron chi connectivity index (χ2n) is 5.01. The molecular formula is C16H14F3NO5S. The van der Waals surface area contributed by atoms with E-state index in [4.69, 9.17) is 0 Å². The molecule has 2 rings (SSSR count). The Morgan fingerprint density at radius 3 is 2.15 bits per heavy atom. The highest BCUT2D eigenvalue weighted by Crippen LogP contribution is 2.32. The fourth-order valence-electron chi connectivity index (χ4n) is 2.08. The van der Waals surface area contributed by atoms with Crippen LogP contribution in [0, 0.1) is 0 Å². The van der Waals surface area contributed by atoms with Crippen molar-refractivity contribution in [3.63, 3.8) is 0 Å². The van der Waals surface area contributed by atoms with Crippen LogP contribution in [0.1, 0.15) is 10.4 Å². The molecule has 0 aliphatic carbocycles. The largest absolute Gasteiger partial charge is 0.573 e. The Hall–Kier alpha value is -2.75. The molecule has 0 saturated heterocycles. The van der Waals surface area contributed by atoms with Gasteiger partial charge >= 0.3 is 12.3 Å². The van der Waals surface area contributed by atoms with Crippen LogP contribution in [-0.4, -0.2) is 34.9 Å². The summed E-state index contributed by atoms with van der Waals surface area (Å²) in [7, 11) is -1.97. The zero-order chi connectivity index (χ0) is 19.5. The van der Waals surface area contributed by atoms with Gasteiger partial charge in [-0.2, -0.15) is 0 Å². The average molecular weight is 389 g/mol. The Morgan fingerprint density at radius 1 is 1.04 bits per heavy atom. The number of carbonyl (C=O) groups is 1. The average Bonchev–Trinajstić information content (AvgIpc) is 2.59. The van der Waals surface area contributed by atoms with Crippen molar-refractivity contribution in [2.75, 3.05) is 18.5 Å². The molecule has 0 N–H and O–H groups in total. The van der Waals surface area contributed by atoms with Gasteiger partial charge in [0.15, 0.2) is 0 Å². The van der Waals surface area contributed by atoms with E-state index in [-0.39, 0.29) is 11.3 Å². The number of alkyl halides is 3. The molecule has 0 amide bonds. The maximum Gasteiger partial charge on any atom is 0.573 e. The highest BCUT2D eigenvalue weighted by Gasteiger charge is 2.35. The summed E-state index contributed by atoms with van der Waals surface area (Å²) in [6, 6.07) is 9.77. The Kier molecular flexibility index (Phi) is 5.45. The van der Waals surface area contributed by atoms with E-state index in [1.54, 1.807) is 0 Å². The lowest BCUT2D eigenvalue weighted by Crippen LogP contribution is -2.28. The molecule has 0 spiro atoms. The van der Waals surface area contributed by atoms with Gasteiger partial charge in [0.05, 0.1) is 18.4 Å². The van der Waals surface area contributed by atoms with E-state index in [1.807, 2.05) is 0 Å². The number of anilines is 1. The molecule has 0 aromatic heterocycles. The van der Waals surface area contributed by atoms with E-state index in [1.165, 1.54) is 50.6 Å². The van der Waals surface area contributed by atoms with Crippen LogP contribution in [0.5, 0.6) is 5.75 Å². The Labute approximate surface area is 147 Å². The first-order valence-electron chi connectivity index (χ1n) is 7.08. The van der Waals surface area contributed by atoms with Crippen molar-refractivity contribution >= 4 is 21.7 Å². The summed E-state index contributed by atoms with van der Waals surface area (Å²) < 4.78 is 72.1. The molecule has 0 heterocycles. The molecule has 2 aromatic rings. The third kappa shape index (κ3) is 4.26. The van der Waals surface area contributed by atoms with Gasteiger partial charge in [-0.05, 0) is 36.4 Å². The minimum absolute atomic E-state index is 0.138. The summed E-state index contributed by atoms with van der Waals surface area (Å²) in [5, 5.41) is 0. The molecule has 26 heavy (non-hydrogen) atoms. The zero-order valence-electron chi connectivity index (χ0n) is 13.6. The molecule has 0 saturated carbocycles. The summed E-state index contributed by atoms with van der Waals surface area (Å²) in [6.07, 6.45) is -5.04. The number of rotatable bonds is 5. The van der Waals surface area contributed by atoms with Crippen LogP contribution in [0.4, 0.5) is 18.9 Å². The second kappa shape index (κ2) is 7.24. The van der Waals surface area contributed by atoms with E-state index in [0.29, 0.717) is 0 Å². The summed E-state index contributed by atoms with van der Waals surface area (Å²) in [4.78, 5) is 10.8. The first-order valence-corrected chi connectivity index (χ1v) is 8.52. The number of hydrogen-bond donors (Lipinski definition) is 0. The molecule has 0 unspecified atom stereocenters. The smallest absolute Gasteiger partial charge is 0.465 e. The van der Waals surface area contributed by atoms with E-state index in [2.05, 4.69) is 9.47 Å². The summed E-state index contributed by atoms with van der Waals surface area (Å²) in [5.41, 5.74) is 0.335. The molecule has 140 valence electrons. The van der Waals surface area contributed by atoms with Gasteiger partial charge in [-0.3, -0.25) is 4.31 Å². The van der Waals surface area contributed by atoms with Crippen molar-refractivity contribution in [1.82, 2.24) is 0 Å². The number of ether oxygens (including phenoxy) is 2. The standard InChI is InChI=1S/C16H14F3NO5S/c1-20(12-9-7-11(8-10-12)15(21)24-2)26(22,23)14-6-4-3-5-13(14)25-16(17,18)19/h3-10H,1-2H3. The van der Waals surface area contributed by atoms with Crippen molar-refractivity contribution in [1.29, 1.82) is 0 Å². The van der Waals surface area contributed by atoms with Crippen molar-refractivity contribution in [3.05, 3.63) is 54.1 Å². The fraction of sp³-hybridized carbons (Fsp3) is 0.188. The number of nitrogens with zero attached hydrogens (tertiary/aromatic N) is 1. The summed E-state index contributed by atoms with van der Waals surface area (Å²) >= 11 is 0. The monoisotopic (exact) mass is 389 g/mol. The molecule has 6 nitrogen and oxygen atoms in total. The maximum atomic E-state index is 12.7. The number of benzene rings is 2. The van der Waals surface area contributed by atoms with Gasteiger partial charge in [-0.1, -0.05) is 12.1 Å². The number of para-hydroxylation sites is 1. The normalized spacial score (nSPS) is 11.7. The Bertz CT molecular complexity index is 895. The second-order valence-corrected chi connectivity index (χ2v) is 6.94.